The van der Waals surface area contributed by atoms with Gasteiger partial charge in [0, 0.05) is 25.8 Å². The van der Waals surface area contributed by atoms with E-state index in [-0.39, 0.29) is 0 Å². The minimum Gasteiger partial charge on any atom is -0.385 e. The third-order valence-electron chi connectivity index (χ3n) is 3.50. The molecule has 0 bridgehead atoms. The molecule has 14 heavy (non-hydrogen) atoms. The van der Waals surface area contributed by atoms with Crippen LogP contribution < -0.4 is 5.32 Å². The molecule has 0 heterocycles. The van der Waals surface area contributed by atoms with E-state index in [2.05, 4.69) is 26.1 Å². The fraction of sp³-hybridized carbons (Fsp3) is 1.00. The predicted octanol–water partition coefficient (Wildman–Crippen LogP) is 2.58. The molecule has 0 radical (unpaired) electrons. The molecular weight excluding hydrogens is 174 g/mol. The lowest BCUT2D eigenvalue weighted by Crippen LogP contribution is -2.43. The van der Waals surface area contributed by atoms with Gasteiger partial charge in [-0.1, -0.05) is 20.3 Å². The second-order valence-electron chi connectivity index (χ2n) is 5.28. The van der Waals surface area contributed by atoms with Crippen LogP contribution in [0.3, 0.4) is 0 Å². The van der Waals surface area contributed by atoms with Crippen LogP contribution in [0, 0.1) is 5.41 Å². The van der Waals surface area contributed by atoms with Crippen LogP contribution in [-0.2, 0) is 4.74 Å². The highest BCUT2D eigenvalue weighted by Crippen LogP contribution is 2.37. The Balaban J connectivity index is 2.29. The van der Waals surface area contributed by atoms with Gasteiger partial charge in [-0.05, 0) is 31.6 Å². The number of ether oxygens (including phenoxy) is 1. The second kappa shape index (κ2) is 5.13. The van der Waals surface area contributed by atoms with Gasteiger partial charge in [0.1, 0.15) is 0 Å². The Morgan fingerprint density at radius 3 is 2.71 bits per heavy atom. The van der Waals surface area contributed by atoms with Crippen molar-refractivity contribution in [3.63, 3.8) is 0 Å². The number of hydrogen-bond acceptors (Lipinski definition) is 2. The molecule has 0 spiro atoms. The Bertz CT molecular complexity index is 168. The molecule has 2 atom stereocenters. The van der Waals surface area contributed by atoms with Crippen molar-refractivity contribution in [2.45, 2.75) is 58.5 Å². The molecular formula is C12H25NO. The second-order valence-corrected chi connectivity index (χ2v) is 5.28. The smallest absolute Gasteiger partial charge is 0.0476 e. The predicted molar refractivity (Wildman–Crippen MR) is 60.5 cm³/mol. The molecule has 1 saturated carbocycles. The molecule has 1 rings (SSSR count). The van der Waals surface area contributed by atoms with Gasteiger partial charge in [0.05, 0.1) is 0 Å². The molecule has 0 amide bonds. The van der Waals surface area contributed by atoms with Crippen molar-refractivity contribution in [2.24, 2.45) is 5.41 Å². The quantitative estimate of drug-likeness (QED) is 0.735. The third-order valence-corrected chi connectivity index (χ3v) is 3.50. The van der Waals surface area contributed by atoms with Gasteiger partial charge in [-0.2, -0.15) is 0 Å². The highest BCUT2D eigenvalue weighted by atomic mass is 16.5. The van der Waals surface area contributed by atoms with Crippen molar-refractivity contribution >= 4 is 0 Å². The van der Waals surface area contributed by atoms with Crippen molar-refractivity contribution in [3.05, 3.63) is 0 Å². The number of methoxy groups -OCH3 is 1. The monoisotopic (exact) mass is 199 g/mol. The molecule has 2 heteroatoms. The summed E-state index contributed by atoms with van der Waals surface area (Å²) in [5.41, 5.74) is 0.487. The highest BCUT2D eigenvalue weighted by Gasteiger charge is 2.34. The van der Waals surface area contributed by atoms with Crippen LogP contribution in [0.2, 0.25) is 0 Å². The molecule has 0 aliphatic heterocycles. The number of hydrogen-bond donors (Lipinski definition) is 1. The van der Waals surface area contributed by atoms with Gasteiger partial charge in [0.25, 0.3) is 0 Å². The minimum absolute atomic E-state index is 0.487. The van der Waals surface area contributed by atoms with Crippen molar-refractivity contribution in [1.82, 2.24) is 5.32 Å². The van der Waals surface area contributed by atoms with E-state index in [1.54, 1.807) is 7.11 Å². The average molecular weight is 199 g/mol. The van der Waals surface area contributed by atoms with E-state index in [4.69, 9.17) is 4.74 Å². The van der Waals surface area contributed by atoms with Crippen molar-refractivity contribution in [2.75, 3.05) is 13.7 Å². The third kappa shape index (κ3) is 3.25. The lowest BCUT2D eigenvalue weighted by molar-refractivity contribution is 0.175. The van der Waals surface area contributed by atoms with E-state index in [9.17, 15) is 0 Å². The lowest BCUT2D eigenvalue weighted by atomic mass is 9.87. The van der Waals surface area contributed by atoms with E-state index in [1.165, 1.54) is 19.3 Å². The molecule has 0 aromatic heterocycles. The van der Waals surface area contributed by atoms with Gasteiger partial charge in [-0.15, -0.1) is 0 Å². The van der Waals surface area contributed by atoms with Crippen LogP contribution in [0.5, 0.6) is 0 Å². The summed E-state index contributed by atoms with van der Waals surface area (Å²) >= 11 is 0. The maximum atomic E-state index is 5.09. The zero-order valence-electron chi connectivity index (χ0n) is 10.1. The fourth-order valence-electron chi connectivity index (χ4n) is 2.36. The molecule has 0 saturated heterocycles. The first-order valence-electron chi connectivity index (χ1n) is 5.81. The van der Waals surface area contributed by atoms with E-state index < -0.39 is 0 Å². The molecule has 2 nitrogen and oxygen atoms in total. The Hall–Kier alpha value is -0.0800. The normalized spacial score (nSPS) is 27.9. The molecule has 84 valence electrons. The molecule has 1 aliphatic rings. The highest BCUT2D eigenvalue weighted by molar-refractivity contribution is 4.91. The van der Waals surface area contributed by atoms with Crippen molar-refractivity contribution in [3.8, 4) is 0 Å². The first-order chi connectivity index (χ1) is 6.56. The van der Waals surface area contributed by atoms with Gasteiger partial charge < -0.3 is 10.1 Å². The summed E-state index contributed by atoms with van der Waals surface area (Å²) in [6, 6.07) is 1.28. The molecule has 0 aromatic carbocycles. The number of rotatable bonds is 5. The summed E-state index contributed by atoms with van der Waals surface area (Å²) in [6.45, 7) is 7.87. The Morgan fingerprint density at radius 1 is 1.50 bits per heavy atom. The minimum atomic E-state index is 0.487. The first kappa shape index (κ1) is 12.0. The van der Waals surface area contributed by atoms with Crippen molar-refractivity contribution in [1.29, 1.82) is 0 Å². The van der Waals surface area contributed by atoms with Gasteiger partial charge in [-0.25, -0.2) is 0 Å². The Morgan fingerprint density at radius 2 is 2.21 bits per heavy atom. The summed E-state index contributed by atoms with van der Waals surface area (Å²) in [7, 11) is 1.77. The maximum Gasteiger partial charge on any atom is 0.0476 e. The summed E-state index contributed by atoms with van der Waals surface area (Å²) in [5.74, 6) is 0. The Labute approximate surface area is 88.4 Å². The number of nitrogens with one attached hydrogen (secondary N) is 1. The largest absolute Gasteiger partial charge is 0.385 e. The van der Waals surface area contributed by atoms with E-state index in [0.29, 0.717) is 17.5 Å². The summed E-state index contributed by atoms with van der Waals surface area (Å²) in [4.78, 5) is 0. The maximum absolute atomic E-state index is 5.09. The van der Waals surface area contributed by atoms with E-state index in [1.807, 2.05) is 0 Å². The summed E-state index contributed by atoms with van der Waals surface area (Å²) in [5, 5.41) is 3.72. The zero-order valence-corrected chi connectivity index (χ0v) is 10.1. The summed E-state index contributed by atoms with van der Waals surface area (Å²) < 4.78 is 5.09. The topological polar surface area (TPSA) is 21.3 Å². The van der Waals surface area contributed by atoms with E-state index in [0.717, 1.165) is 13.0 Å². The van der Waals surface area contributed by atoms with Gasteiger partial charge >= 0.3 is 0 Å². The molecule has 2 unspecified atom stereocenters. The standard InChI is InChI=1S/C12H25NO/c1-10(7-9-14-4)13-11-6-5-8-12(11,2)3/h10-11,13H,5-9H2,1-4H3. The summed E-state index contributed by atoms with van der Waals surface area (Å²) in [6.07, 6.45) is 5.19. The average Bonchev–Trinajstić information content (AvgIpc) is 2.43. The Kier molecular flexibility index (Phi) is 4.39. The van der Waals surface area contributed by atoms with Crippen LogP contribution in [0.4, 0.5) is 0 Å². The first-order valence-corrected chi connectivity index (χ1v) is 5.81. The fourth-order valence-corrected chi connectivity index (χ4v) is 2.36. The van der Waals surface area contributed by atoms with Crippen molar-refractivity contribution < 1.29 is 4.74 Å². The molecule has 0 aromatic rings. The molecule has 1 fully saturated rings. The van der Waals surface area contributed by atoms with Gasteiger partial charge in [0.2, 0.25) is 0 Å². The van der Waals surface area contributed by atoms with Gasteiger partial charge in [0.15, 0.2) is 0 Å². The SMILES string of the molecule is COCCC(C)NC1CCCC1(C)C. The van der Waals surface area contributed by atoms with Crippen LogP contribution in [0.15, 0.2) is 0 Å². The lowest BCUT2D eigenvalue weighted by Gasteiger charge is -2.30. The zero-order chi connectivity index (χ0) is 10.6. The van der Waals surface area contributed by atoms with E-state index >= 15 is 0 Å². The molecule has 1 aliphatic carbocycles. The van der Waals surface area contributed by atoms with Gasteiger partial charge in [-0.3, -0.25) is 0 Å². The molecule has 1 N–H and O–H groups in total. The van der Waals surface area contributed by atoms with Crippen LogP contribution >= 0.6 is 0 Å². The van der Waals surface area contributed by atoms with Crippen LogP contribution in [0.25, 0.3) is 0 Å². The van der Waals surface area contributed by atoms with Crippen LogP contribution in [0.1, 0.15) is 46.5 Å². The van der Waals surface area contributed by atoms with Crippen LogP contribution in [-0.4, -0.2) is 25.8 Å².